The first kappa shape index (κ1) is 19.5. The lowest BCUT2D eigenvalue weighted by atomic mass is 10.1. The van der Waals surface area contributed by atoms with Crippen molar-refractivity contribution in [3.63, 3.8) is 0 Å². The molecule has 0 saturated carbocycles. The van der Waals surface area contributed by atoms with Crippen LogP contribution < -0.4 is 5.32 Å². The molecule has 1 aromatic carbocycles. The molecular weight excluding hydrogens is 314 g/mol. The van der Waals surface area contributed by atoms with Gasteiger partial charge in [-0.3, -0.25) is 4.79 Å². The second kappa shape index (κ2) is 8.90. The van der Waals surface area contributed by atoms with Crippen LogP contribution in [0.1, 0.15) is 32.8 Å². The largest absolute Gasteiger partial charge is 0.469 e. The van der Waals surface area contributed by atoms with E-state index >= 15 is 0 Å². The molecule has 132 valence electrons. The zero-order chi connectivity index (χ0) is 18.2. The van der Waals surface area contributed by atoms with Gasteiger partial charge in [0.05, 0.1) is 13.5 Å². The Balaban J connectivity index is 2.64. The second-order valence-electron chi connectivity index (χ2n) is 6.07. The highest BCUT2D eigenvalue weighted by Crippen LogP contribution is 2.10. The first-order valence-electron chi connectivity index (χ1n) is 7.48. The molecule has 0 heterocycles. The van der Waals surface area contributed by atoms with Crippen molar-refractivity contribution in [3.05, 3.63) is 35.9 Å². The molecule has 0 unspecified atom stereocenters. The summed E-state index contributed by atoms with van der Waals surface area (Å²) < 4.78 is 14.8. The summed E-state index contributed by atoms with van der Waals surface area (Å²) in [6.45, 7) is 5.11. The molecule has 24 heavy (non-hydrogen) atoms. The Labute approximate surface area is 141 Å². The van der Waals surface area contributed by atoms with Crippen molar-refractivity contribution < 1.29 is 28.6 Å². The van der Waals surface area contributed by atoms with Crippen LogP contribution in [0.2, 0.25) is 0 Å². The number of nitrogens with one attached hydrogen (secondary N) is 1. The molecular formula is C17H23NO6. The van der Waals surface area contributed by atoms with E-state index in [2.05, 4.69) is 10.1 Å². The number of esters is 2. The Bertz CT molecular complexity index is 564. The van der Waals surface area contributed by atoms with E-state index in [-0.39, 0.29) is 13.0 Å². The minimum Gasteiger partial charge on any atom is -0.469 e. The second-order valence-corrected chi connectivity index (χ2v) is 6.07. The fraction of sp³-hybridized carbons (Fsp3) is 0.471. The minimum atomic E-state index is -1.18. The quantitative estimate of drug-likeness (QED) is 0.632. The molecule has 0 aliphatic heterocycles. The van der Waals surface area contributed by atoms with Crippen molar-refractivity contribution in [1.29, 1.82) is 0 Å². The molecule has 7 nitrogen and oxygen atoms in total. The number of hydrogen-bond acceptors (Lipinski definition) is 6. The van der Waals surface area contributed by atoms with Crippen molar-refractivity contribution in [1.82, 2.24) is 5.32 Å². The lowest BCUT2D eigenvalue weighted by Crippen LogP contribution is -2.45. The van der Waals surface area contributed by atoms with Gasteiger partial charge in [0, 0.05) is 0 Å². The number of amides is 1. The summed E-state index contributed by atoms with van der Waals surface area (Å²) in [6, 6.07) is 7.90. The molecule has 0 bridgehead atoms. The van der Waals surface area contributed by atoms with Crippen molar-refractivity contribution >= 4 is 18.0 Å². The van der Waals surface area contributed by atoms with E-state index in [4.69, 9.17) is 9.47 Å². The van der Waals surface area contributed by atoms with Crippen LogP contribution in [-0.4, -0.2) is 36.8 Å². The van der Waals surface area contributed by atoms with Crippen molar-refractivity contribution in [3.8, 4) is 0 Å². The molecule has 0 aromatic heterocycles. The Morgan fingerprint density at radius 2 is 1.75 bits per heavy atom. The van der Waals surface area contributed by atoms with Gasteiger partial charge in [0.25, 0.3) is 0 Å². The fourth-order valence-electron chi connectivity index (χ4n) is 1.72. The molecule has 0 fully saturated rings. The molecule has 1 N–H and O–H groups in total. The maximum Gasteiger partial charge on any atom is 0.408 e. The highest BCUT2D eigenvalue weighted by Gasteiger charge is 2.29. The number of carbonyl (C=O) groups excluding carboxylic acids is 3. The molecule has 1 rings (SSSR count). The zero-order valence-electron chi connectivity index (χ0n) is 14.3. The molecule has 1 atom stereocenters. The van der Waals surface area contributed by atoms with Gasteiger partial charge >= 0.3 is 18.0 Å². The molecule has 0 radical (unpaired) electrons. The van der Waals surface area contributed by atoms with Gasteiger partial charge in [-0.2, -0.15) is 0 Å². The summed E-state index contributed by atoms with van der Waals surface area (Å²) in [6.07, 6.45) is -1.16. The first-order chi connectivity index (χ1) is 11.2. The number of carbonyl (C=O) groups is 3. The molecule has 7 heteroatoms. The Hall–Kier alpha value is -2.57. The summed E-state index contributed by atoms with van der Waals surface area (Å²) in [7, 11) is 1.20. The van der Waals surface area contributed by atoms with Crippen LogP contribution in [0.4, 0.5) is 4.79 Å². The third kappa shape index (κ3) is 7.62. The highest BCUT2D eigenvalue weighted by molar-refractivity contribution is 5.86. The lowest BCUT2D eigenvalue weighted by molar-refractivity contribution is -0.160. The van der Waals surface area contributed by atoms with Gasteiger partial charge in [-0.1, -0.05) is 30.3 Å². The summed E-state index contributed by atoms with van der Waals surface area (Å²) in [4.78, 5) is 35.4. The first-order valence-corrected chi connectivity index (χ1v) is 7.48. The summed E-state index contributed by atoms with van der Waals surface area (Å²) in [5, 5.41) is 2.34. The molecule has 0 aliphatic carbocycles. The van der Waals surface area contributed by atoms with Crippen molar-refractivity contribution in [2.75, 3.05) is 7.11 Å². The average molecular weight is 337 g/mol. The smallest absolute Gasteiger partial charge is 0.408 e. The SMILES string of the molecule is COC(=O)C[C@H](NC(=O)OCc1ccccc1)C(=O)OC(C)(C)C. The number of ether oxygens (including phenoxy) is 3. The number of alkyl carbamates (subject to hydrolysis) is 1. The van der Waals surface area contributed by atoms with Crippen molar-refractivity contribution in [2.45, 2.75) is 45.4 Å². The molecule has 1 aromatic rings. The van der Waals surface area contributed by atoms with E-state index in [1.54, 1.807) is 32.9 Å². The van der Waals surface area contributed by atoms with E-state index < -0.39 is 29.7 Å². The maximum atomic E-state index is 12.1. The Morgan fingerprint density at radius 1 is 1.12 bits per heavy atom. The lowest BCUT2D eigenvalue weighted by Gasteiger charge is -2.24. The number of benzene rings is 1. The van der Waals surface area contributed by atoms with Crippen LogP contribution in [0, 0.1) is 0 Å². The number of rotatable bonds is 6. The predicted molar refractivity (Wildman–Crippen MR) is 86.0 cm³/mol. The number of hydrogen-bond donors (Lipinski definition) is 1. The standard InChI is InChI=1S/C17H23NO6/c1-17(2,3)24-15(20)13(10-14(19)22-4)18-16(21)23-11-12-8-6-5-7-9-12/h5-9,13H,10-11H2,1-4H3,(H,18,21)/t13-/m0/s1. The van der Waals surface area contributed by atoms with Gasteiger partial charge < -0.3 is 19.5 Å². The van der Waals surface area contributed by atoms with Gasteiger partial charge in [0.1, 0.15) is 18.2 Å². The highest BCUT2D eigenvalue weighted by atomic mass is 16.6. The van der Waals surface area contributed by atoms with Gasteiger partial charge in [0.2, 0.25) is 0 Å². The van der Waals surface area contributed by atoms with E-state index in [1.807, 2.05) is 18.2 Å². The third-order valence-corrected chi connectivity index (χ3v) is 2.79. The molecule has 0 spiro atoms. The van der Waals surface area contributed by atoms with Crippen LogP contribution in [-0.2, 0) is 30.4 Å². The minimum absolute atomic E-state index is 0.0476. The average Bonchev–Trinajstić information content (AvgIpc) is 2.51. The van der Waals surface area contributed by atoms with Gasteiger partial charge in [-0.25, -0.2) is 9.59 Å². The van der Waals surface area contributed by atoms with E-state index in [9.17, 15) is 14.4 Å². The van der Waals surface area contributed by atoms with Crippen molar-refractivity contribution in [2.24, 2.45) is 0 Å². The Morgan fingerprint density at radius 3 is 2.29 bits per heavy atom. The predicted octanol–water partition coefficient (Wildman–Crippen LogP) is 2.19. The molecule has 1 amide bonds. The maximum absolute atomic E-state index is 12.1. The molecule has 0 saturated heterocycles. The van der Waals surface area contributed by atoms with Gasteiger partial charge in [-0.15, -0.1) is 0 Å². The molecule has 0 aliphatic rings. The van der Waals surface area contributed by atoms with E-state index in [0.717, 1.165) is 5.56 Å². The third-order valence-electron chi connectivity index (χ3n) is 2.79. The zero-order valence-corrected chi connectivity index (χ0v) is 14.3. The fourth-order valence-corrected chi connectivity index (χ4v) is 1.72. The van der Waals surface area contributed by atoms with E-state index in [0.29, 0.717) is 0 Å². The van der Waals surface area contributed by atoms with Gasteiger partial charge in [0.15, 0.2) is 0 Å². The van der Waals surface area contributed by atoms with Crippen LogP contribution in [0.3, 0.4) is 0 Å². The normalized spacial score (nSPS) is 12.0. The monoisotopic (exact) mass is 337 g/mol. The topological polar surface area (TPSA) is 90.9 Å². The van der Waals surface area contributed by atoms with Crippen LogP contribution >= 0.6 is 0 Å². The summed E-state index contributed by atoms with van der Waals surface area (Å²) in [5.41, 5.74) is 0.0515. The van der Waals surface area contributed by atoms with Crippen LogP contribution in [0.25, 0.3) is 0 Å². The Kier molecular flexibility index (Phi) is 7.23. The summed E-state index contributed by atoms with van der Waals surface area (Å²) in [5.74, 6) is -1.38. The summed E-state index contributed by atoms with van der Waals surface area (Å²) >= 11 is 0. The van der Waals surface area contributed by atoms with Crippen LogP contribution in [0.5, 0.6) is 0 Å². The number of methoxy groups -OCH3 is 1. The van der Waals surface area contributed by atoms with Crippen LogP contribution in [0.15, 0.2) is 30.3 Å². The van der Waals surface area contributed by atoms with Gasteiger partial charge in [-0.05, 0) is 26.3 Å². The van der Waals surface area contributed by atoms with E-state index in [1.165, 1.54) is 7.11 Å².